The van der Waals surface area contributed by atoms with E-state index in [-0.39, 0.29) is 5.69 Å². The van der Waals surface area contributed by atoms with Crippen molar-refractivity contribution in [2.75, 3.05) is 0 Å². The average Bonchev–Trinajstić information content (AvgIpc) is 2.16. The van der Waals surface area contributed by atoms with Gasteiger partial charge in [-0.05, 0) is 23.5 Å². The van der Waals surface area contributed by atoms with Crippen molar-refractivity contribution in [1.29, 1.82) is 0 Å². The van der Waals surface area contributed by atoms with Crippen molar-refractivity contribution in [2.45, 2.75) is 26.7 Å². The van der Waals surface area contributed by atoms with Crippen molar-refractivity contribution in [1.82, 2.24) is 4.98 Å². The maximum Gasteiger partial charge on any atom is 0.354 e. The maximum absolute atomic E-state index is 10.6. The van der Waals surface area contributed by atoms with Gasteiger partial charge >= 0.3 is 5.97 Å². The molecule has 1 N–H and O–H groups in total. The van der Waals surface area contributed by atoms with E-state index in [0.717, 1.165) is 5.56 Å². The van der Waals surface area contributed by atoms with Crippen LogP contribution in [0, 0.1) is 5.92 Å². The first kappa shape index (κ1) is 10.7. The molecule has 1 heterocycles. The molecule has 3 nitrogen and oxygen atoms in total. The van der Waals surface area contributed by atoms with Gasteiger partial charge in [-0.25, -0.2) is 9.78 Å². The van der Waals surface area contributed by atoms with Gasteiger partial charge in [0.25, 0.3) is 0 Å². The Balaban J connectivity index is 2.88. The van der Waals surface area contributed by atoms with Crippen LogP contribution in [0.2, 0.25) is 0 Å². The Hall–Kier alpha value is -1.38. The number of rotatable bonds is 3. The topological polar surface area (TPSA) is 50.2 Å². The Morgan fingerprint density at radius 3 is 2.36 bits per heavy atom. The Kier molecular flexibility index (Phi) is 3.23. The highest BCUT2D eigenvalue weighted by molar-refractivity contribution is 5.85. The summed E-state index contributed by atoms with van der Waals surface area (Å²) in [5.74, 6) is -0.0356. The molecule has 1 atom stereocenters. The molecule has 0 saturated carbocycles. The molecule has 1 rings (SSSR count). The van der Waals surface area contributed by atoms with E-state index in [0.29, 0.717) is 11.8 Å². The molecule has 0 aliphatic rings. The quantitative estimate of drug-likeness (QED) is 0.802. The minimum absolute atomic E-state index is 0.102. The third-order valence-electron chi connectivity index (χ3n) is 2.53. The second kappa shape index (κ2) is 4.22. The number of carbonyl (C=O) groups is 1. The second-order valence-electron chi connectivity index (χ2n) is 3.81. The van der Waals surface area contributed by atoms with Gasteiger partial charge in [-0.15, -0.1) is 0 Å². The number of aromatic carboxylic acids is 1. The van der Waals surface area contributed by atoms with Crippen LogP contribution in [0.4, 0.5) is 0 Å². The normalized spacial score (nSPS) is 12.9. The molecular weight excluding hydrogens is 178 g/mol. The number of hydrogen-bond donors (Lipinski definition) is 1. The predicted molar refractivity (Wildman–Crippen MR) is 54.4 cm³/mol. The summed E-state index contributed by atoms with van der Waals surface area (Å²) in [4.78, 5) is 14.4. The van der Waals surface area contributed by atoms with Gasteiger partial charge in [0.05, 0.1) is 0 Å². The van der Waals surface area contributed by atoms with Crippen molar-refractivity contribution in [3.8, 4) is 0 Å². The van der Waals surface area contributed by atoms with Gasteiger partial charge in [-0.3, -0.25) is 0 Å². The van der Waals surface area contributed by atoms with Gasteiger partial charge in [-0.1, -0.05) is 26.8 Å². The van der Waals surface area contributed by atoms with Crippen LogP contribution >= 0.6 is 0 Å². The largest absolute Gasteiger partial charge is 0.477 e. The number of pyridine rings is 1. The number of hydrogen-bond acceptors (Lipinski definition) is 2. The van der Waals surface area contributed by atoms with Crippen LogP contribution in [0.25, 0.3) is 0 Å². The van der Waals surface area contributed by atoms with E-state index in [1.165, 1.54) is 0 Å². The zero-order valence-corrected chi connectivity index (χ0v) is 8.69. The van der Waals surface area contributed by atoms with Gasteiger partial charge in [-0.2, -0.15) is 0 Å². The first-order valence-corrected chi connectivity index (χ1v) is 4.71. The highest BCUT2D eigenvalue weighted by atomic mass is 16.4. The fraction of sp³-hybridized carbons (Fsp3) is 0.455. The fourth-order valence-corrected chi connectivity index (χ4v) is 1.19. The summed E-state index contributed by atoms with van der Waals surface area (Å²) in [5, 5.41) is 8.66. The summed E-state index contributed by atoms with van der Waals surface area (Å²) < 4.78 is 0. The highest BCUT2D eigenvalue weighted by Crippen LogP contribution is 2.22. The van der Waals surface area contributed by atoms with Crippen molar-refractivity contribution in [2.24, 2.45) is 5.92 Å². The first-order chi connectivity index (χ1) is 6.52. The fourth-order valence-electron chi connectivity index (χ4n) is 1.19. The van der Waals surface area contributed by atoms with Crippen LogP contribution < -0.4 is 0 Å². The van der Waals surface area contributed by atoms with E-state index < -0.39 is 5.97 Å². The summed E-state index contributed by atoms with van der Waals surface area (Å²) in [6.45, 7) is 6.38. The second-order valence-corrected chi connectivity index (χ2v) is 3.81. The Morgan fingerprint density at radius 1 is 1.36 bits per heavy atom. The zero-order valence-electron chi connectivity index (χ0n) is 8.69. The molecule has 0 saturated heterocycles. The van der Waals surface area contributed by atoms with Crippen molar-refractivity contribution < 1.29 is 9.90 Å². The lowest BCUT2D eigenvalue weighted by Gasteiger charge is -2.15. The number of nitrogens with zero attached hydrogens (tertiary/aromatic N) is 1. The first-order valence-electron chi connectivity index (χ1n) is 4.71. The lowest BCUT2D eigenvalue weighted by molar-refractivity contribution is 0.0690. The molecule has 0 aromatic carbocycles. The smallest absolute Gasteiger partial charge is 0.354 e. The van der Waals surface area contributed by atoms with E-state index in [1.807, 2.05) is 6.07 Å². The van der Waals surface area contributed by atoms with Crippen LogP contribution in [-0.2, 0) is 0 Å². The summed E-state index contributed by atoms with van der Waals surface area (Å²) >= 11 is 0. The van der Waals surface area contributed by atoms with E-state index in [2.05, 4.69) is 25.8 Å². The Bertz CT molecular complexity index is 317. The molecule has 0 aliphatic heterocycles. The molecule has 0 amide bonds. The van der Waals surface area contributed by atoms with E-state index >= 15 is 0 Å². The molecule has 0 radical (unpaired) electrons. The minimum atomic E-state index is -0.978. The Labute approximate surface area is 83.8 Å². The standard InChI is InChI=1S/C11H15NO2/c1-7(2)8(3)9-4-5-10(11(13)14)12-6-9/h4-8H,1-3H3,(H,13,14). The third-order valence-corrected chi connectivity index (χ3v) is 2.53. The van der Waals surface area contributed by atoms with Crippen molar-refractivity contribution in [3.63, 3.8) is 0 Å². The van der Waals surface area contributed by atoms with E-state index in [4.69, 9.17) is 5.11 Å². The number of carboxylic acids is 1. The van der Waals surface area contributed by atoms with Crippen LogP contribution in [0.5, 0.6) is 0 Å². The summed E-state index contributed by atoms with van der Waals surface area (Å²) in [6.07, 6.45) is 1.65. The molecule has 0 aliphatic carbocycles. The van der Waals surface area contributed by atoms with Gasteiger partial charge < -0.3 is 5.11 Å². The molecule has 76 valence electrons. The molecule has 1 aromatic rings. The van der Waals surface area contributed by atoms with Crippen LogP contribution in [0.1, 0.15) is 42.7 Å². The van der Waals surface area contributed by atoms with E-state index in [1.54, 1.807) is 12.3 Å². The maximum atomic E-state index is 10.6. The Morgan fingerprint density at radius 2 is 2.00 bits per heavy atom. The molecule has 14 heavy (non-hydrogen) atoms. The molecular formula is C11H15NO2. The van der Waals surface area contributed by atoms with Gasteiger partial charge in [0.1, 0.15) is 5.69 Å². The molecule has 1 aromatic heterocycles. The third kappa shape index (κ3) is 2.31. The van der Waals surface area contributed by atoms with Crippen molar-refractivity contribution in [3.05, 3.63) is 29.6 Å². The molecule has 1 unspecified atom stereocenters. The van der Waals surface area contributed by atoms with Crippen LogP contribution in [0.3, 0.4) is 0 Å². The zero-order chi connectivity index (χ0) is 10.7. The molecule has 0 fully saturated rings. The highest BCUT2D eigenvalue weighted by Gasteiger charge is 2.11. The van der Waals surface area contributed by atoms with Gasteiger partial charge in [0.15, 0.2) is 0 Å². The summed E-state index contributed by atoms with van der Waals surface area (Å²) in [5.41, 5.74) is 1.19. The van der Waals surface area contributed by atoms with Gasteiger partial charge in [0.2, 0.25) is 0 Å². The number of carboxylic acid groups (broad SMARTS) is 1. The summed E-state index contributed by atoms with van der Waals surface area (Å²) in [7, 11) is 0. The predicted octanol–water partition coefficient (Wildman–Crippen LogP) is 2.54. The number of aromatic nitrogens is 1. The lowest BCUT2D eigenvalue weighted by Crippen LogP contribution is -2.05. The minimum Gasteiger partial charge on any atom is -0.477 e. The molecule has 3 heteroatoms. The molecule has 0 bridgehead atoms. The van der Waals surface area contributed by atoms with Gasteiger partial charge in [0, 0.05) is 6.20 Å². The van der Waals surface area contributed by atoms with Crippen LogP contribution in [0.15, 0.2) is 18.3 Å². The monoisotopic (exact) mass is 193 g/mol. The van der Waals surface area contributed by atoms with E-state index in [9.17, 15) is 4.79 Å². The molecule has 0 spiro atoms. The lowest BCUT2D eigenvalue weighted by atomic mass is 9.91. The summed E-state index contributed by atoms with van der Waals surface area (Å²) in [6, 6.07) is 3.39. The average molecular weight is 193 g/mol. The SMILES string of the molecule is CC(C)C(C)c1ccc(C(=O)O)nc1. The van der Waals surface area contributed by atoms with Crippen LogP contribution in [-0.4, -0.2) is 16.1 Å². The van der Waals surface area contributed by atoms with Crippen molar-refractivity contribution >= 4 is 5.97 Å².